The lowest BCUT2D eigenvalue weighted by Crippen LogP contribution is -2.15. The largest absolute Gasteiger partial charge is 0.287 e. The first-order chi connectivity index (χ1) is 11.3. The number of nitrogens with zero attached hydrogens (tertiary/aromatic N) is 2. The molecule has 23 heavy (non-hydrogen) atoms. The molecule has 0 aliphatic carbocycles. The Labute approximate surface area is 138 Å². The van der Waals surface area contributed by atoms with Crippen molar-refractivity contribution in [1.82, 2.24) is 0 Å². The summed E-state index contributed by atoms with van der Waals surface area (Å²) >= 11 is 1.59. The zero-order valence-corrected chi connectivity index (χ0v) is 13.1. The minimum absolute atomic E-state index is 0.140. The van der Waals surface area contributed by atoms with E-state index in [0.29, 0.717) is 11.3 Å². The summed E-state index contributed by atoms with van der Waals surface area (Å²) in [5.41, 5.74) is 2.66. The lowest BCUT2D eigenvalue weighted by Gasteiger charge is -2.04. The third-order valence-electron chi connectivity index (χ3n) is 3.21. The predicted octanol–water partition coefficient (Wildman–Crippen LogP) is 4.45. The van der Waals surface area contributed by atoms with Crippen molar-refractivity contribution in [2.45, 2.75) is 0 Å². The van der Waals surface area contributed by atoms with Crippen molar-refractivity contribution in [1.29, 1.82) is 0 Å². The maximum absolute atomic E-state index is 12.7. The van der Waals surface area contributed by atoms with E-state index >= 15 is 0 Å². The summed E-state index contributed by atoms with van der Waals surface area (Å²) in [5.74, 6) is -0.140. The van der Waals surface area contributed by atoms with E-state index in [4.69, 9.17) is 0 Å². The van der Waals surface area contributed by atoms with Crippen LogP contribution in [-0.2, 0) is 0 Å². The molecule has 3 aromatic rings. The molecule has 0 spiro atoms. The quantitative estimate of drug-likeness (QED) is 0.389. The van der Waals surface area contributed by atoms with Crippen LogP contribution in [0.4, 0.5) is 0 Å². The molecule has 1 heterocycles. The lowest BCUT2D eigenvalue weighted by molar-refractivity contribution is 0.106. The highest BCUT2D eigenvalue weighted by molar-refractivity contribution is 7.08. The first-order valence-corrected chi connectivity index (χ1v) is 8.07. The molecule has 0 N–H and O–H groups in total. The van der Waals surface area contributed by atoms with Gasteiger partial charge in [-0.2, -0.15) is 16.4 Å². The van der Waals surface area contributed by atoms with E-state index in [2.05, 4.69) is 10.2 Å². The normalized spacial score (nSPS) is 11.7. The number of rotatable bonds is 5. The van der Waals surface area contributed by atoms with Crippen LogP contribution < -0.4 is 0 Å². The zero-order valence-electron chi connectivity index (χ0n) is 12.3. The number of thiophene rings is 1. The number of hydrogen-bond acceptors (Lipinski definition) is 4. The molecule has 3 rings (SSSR count). The van der Waals surface area contributed by atoms with Gasteiger partial charge in [-0.1, -0.05) is 60.7 Å². The molecule has 3 nitrogen and oxygen atoms in total. The summed E-state index contributed by atoms with van der Waals surface area (Å²) in [6.07, 6.45) is 1.65. The molecule has 0 aliphatic rings. The average Bonchev–Trinajstić information content (AvgIpc) is 3.13. The van der Waals surface area contributed by atoms with Crippen LogP contribution in [0.2, 0.25) is 0 Å². The van der Waals surface area contributed by atoms with Crippen LogP contribution in [0, 0.1) is 0 Å². The fraction of sp³-hybridized carbons (Fsp3) is 0. The van der Waals surface area contributed by atoms with Crippen LogP contribution in [0.1, 0.15) is 21.5 Å². The van der Waals surface area contributed by atoms with Gasteiger partial charge in [0.15, 0.2) is 0 Å². The fourth-order valence-corrected chi connectivity index (χ4v) is 2.67. The SMILES string of the molecule is O=C(/C(=N/N=C/c1ccsc1)c1ccccc1)c1ccccc1. The highest BCUT2D eigenvalue weighted by Gasteiger charge is 2.15. The summed E-state index contributed by atoms with van der Waals surface area (Å²) in [6.45, 7) is 0. The van der Waals surface area contributed by atoms with Crippen molar-refractivity contribution in [2.75, 3.05) is 0 Å². The Morgan fingerprint density at radius 2 is 1.52 bits per heavy atom. The summed E-state index contributed by atoms with van der Waals surface area (Å²) in [7, 11) is 0. The van der Waals surface area contributed by atoms with Crippen LogP contribution in [0.25, 0.3) is 0 Å². The van der Waals surface area contributed by atoms with Crippen LogP contribution in [0.3, 0.4) is 0 Å². The van der Waals surface area contributed by atoms with Gasteiger partial charge < -0.3 is 0 Å². The van der Waals surface area contributed by atoms with E-state index in [1.165, 1.54) is 0 Å². The second-order valence-electron chi connectivity index (χ2n) is 4.81. The Morgan fingerprint density at radius 1 is 0.870 bits per heavy atom. The van der Waals surface area contributed by atoms with Gasteiger partial charge in [0.2, 0.25) is 5.78 Å². The number of hydrogen-bond donors (Lipinski definition) is 0. The Hall–Kier alpha value is -2.85. The average molecular weight is 318 g/mol. The minimum atomic E-state index is -0.140. The van der Waals surface area contributed by atoms with Crippen LogP contribution in [-0.4, -0.2) is 17.7 Å². The van der Waals surface area contributed by atoms with Crippen LogP contribution in [0.5, 0.6) is 0 Å². The first kappa shape index (κ1) is 15.1. The maximum Gasteiger partial charge on any atom is 0.213 e. The molecule has 2 aromatic carbocycles. The van der Waals surface area contributed by atoms with Gasteiger partial charge in [-0.05, 0) is 16.8 Å². The highest BCUT2D eigenvalue weighted by Crippen LogP contribution is 2.10. The molecule has 0 unspecified atom stereocenters. The Bertz CT molecular complexity index is 822. The molecule has 0 amide bonds. The van der Waals surface area contributed by atoms with Crippen molar-refractivity contribution < 1.29 is 4.79 Å². The minimum Gasteiger partial charge on any atom is -0.287 e. The molecule has 0 atom stereocenters. The van der Waals surface area contributed by atoms with E-state index in [1.54, 1.807) is 29.7 Å². The molecule has 0 saturated heterocycles. The van der Waals surface area contributed by atoms with E-state index in [9.17, 15) is 4.79 Å². The van der Waals surface area contributed by atoms with Gasteiger partial charge in [-0.25, -0.2) is 0 Å². The molecule has 0 saturated carbocycles. The Balaban J connectivity index is 1.96. The maximum atomic E-state index is 12.7. The second kappa shape index (κ2) is 7.42. The van der Waals surface area contributed by atoms with Gasteiger partial charge in [-0.3, -0.25) is 4.79 Å². The fourth-order valence-electron chi connectivity index (χ4n) is 2.06. The number of Topliss-reactive ketones (excluding diaryl/α,β-unsaturated/α-hetero) is 1. The second-order valence-corrected chi connectivity index (χ2v) is 5.59. The summed E-state index contributed by atoms with van der Waals surface area (Å²) < 4.78 is 0. The van der Waals surface area contributed by atoms with Crippen molar-refractivity contribution in [2.24, 2.45) is 10.2 Å². The van der Waals surface area contributed by atoms with Gasteiger partial charge in [0.1, 0.15) is 5.71 Å². The number of ketones is 1. The lowest BCUT2D eigenvalue weighted by atomic mass is 10.0. The Morgan fingerprint density at radius 3 is 2.13 bits per heavy atom. The smallest absolute Gasteiger partial charge is 0.213 e. The van der Waals surface area contributed by atoms with E-state index in [1.807, 2.05) is 65.4 Å². The number of carbonyl (C=O) groups is 1. The van der Waals surface area contributed by atoms with E-state index in [-0.39, 0.29) is 5.78 Å². The first-order valence-electron chi connectivity index (χ1n) is 7.13. The van der Waals surface area contributed by atoms with Crippen molar-refractivity contribution in [3.05, 3.63) is 94.2 Å². The molecule has 1 aromatic heterocycles. The molecule has 0 fully saturated rings. The summed E-state index contributed by atoms with van der Waals surface area (Å²) in [4.78, 5) is 12.7. The van der Waals surface area contributed by atoms with E-state index < -0.39 is 0 Å². The zero-order chi connectivity index (χ0) is 15.9. The Kier molecular flexibility index (Phi) is 4.86. The van der Waals surface area contributed by atoms with Gasteiger partial charge in [0, 0.05) is 16.7 Å². The molecular weight excluding hydrogens is 304 g/mol. The van der Waals surface area contributed by atoms with Gasteiger partial charge in [0.05, 0.1) is 6.21 Å². The summed E-state index contributed by atoms with van der Waals surface area (Å²) in [5, 5.41) is 12.2. The van der Waals surface area contributed by atoms with Gasteiger partial charge in [-0.15, -0.1) is 5.10 Å². The van der Waals surface area contributed by atoms with Gasteiger partial charge >= 0.3 is 0 Å². The number of carbonyl (C=O) groups excluding carboxylic acids is 1. The van der Waals surface area contributed by atoms with E-state index in [0.717, 1.165) is 11.1 Å². The molecule has 0 aliphatic heterocycles. The third-order valence-corrected chi connectivity index (χ3v) is 3.91. The predicted molar refractivity (Wildman–Crippen MR) is 95.7 cm³/mol. The van der Waals surface area contributed by atoms with Gasteiger partial charge in [0.25, 0.3) is 0 Å². The van der Waals surface area contributed by atoms with Crippen molar-refractivity contribution >= 4 is 29.0 Å². The highest BCUT2D eigenvalue weighted by atomic mass is 32.1. The van der Waals surface area contributed by atoms with Crippen molar-refractivity contribution in [3.8, 4) is 0 Å². The topological polar surface area (TPSA) is 41.8 Å². The molecule has 112 valence electrons. The van der Waals surface area contributed by atoms with Crippen molar-refractivity contribution in [3.63, 3.8) is 0 Å². The standard InChI is InChI=1S/C19H14N2OS/c22-19(17-9-5-2-6-10-17)18(16-7-3-1-4-8-16)21-20-13-15-11-12-23-14-15/h1-14H/b20-13+,21-18+. The molecule has 0 bridgehead atoms. The molecular formula is C19H14N2OS. The van der Waals surface area contributed by atoms with Crippen LogP contribution in [0.15, 0.2) is 87.7 Å². The monoisotopic (exact) mass is 318 g/mol. The summed E-state index contributed by atoms with van der Waals surface area (Å²) in [6, 6.07) is 20.5. The molecule has 4 heteroatoms. The number of benzene rings is 2. The third kappa shape index (κ3) is 3.87. The van der Waals surface area contributed by atoms with Crippen LogP contribution >= 0.6 is 11.3 Å². The molecule has 0 radical (unpaired) electrons.